The molecule has 8 nitrogen and oxygen atoms in total. The summed E-state index contributed by atoms with van der Waals surface area (Å²) in [6.45, 7) is 1.39. The molecule has 3 N–H and O–H groups in total. The first-order valence-electron chi connectivity index (χ1n) is 8.46. The lowest BCUT2D eigenvalue weighted by Gasteiger charge is -2.19. The second kappa shape index (κ2) is 9.40. The van der Waals surface area contributed by atoms with Gasteiger partial charge >= 0.3 is 5.97 Å². The predicted molar refractivity (Wildman–Crippen MR) is 103 cm³/mol. The third-order valence-corrected chi connectivity index (χ3v) is 3.96. The van der Waals surface area contributed by atoms with Crippen molar-refractivity contribution < 1.29 is 29.0 Å². The molecule has 2 rings (SSSR count). The van der Waals surface area contributed by atoms with Gasteiger partial charge < -0.3 is 25.2 Å². The van der Waals surface area contributed by atoms with Crippen LogP contribution in [0.25, 0.3) is 0 Å². The quantitative estimate of drug-likeness (QED) is 0.643. The van der Waals surface area contributed by atoms with Crippen molar-refractivity contribution in [3.05, 3.63) is 53.6 Å². The predicted octanol–water partition coefficient (Wildman–Crippen LogP) is 2.61. The smallest absolute Gasteiger partial charge is 0.305 e. The van der Waals surface area contributed by atoms with Crippen LogP contribution in [0.1, 0.15) is 35.3 Å². The Morgan fingerprint density at radius 2 is 1.64 bits per heavy atom. The van der Waals surface area contributed by atoms with Crippen LogP contribution in [0.15, 0.2) is 42.5 Å². The van der Waals surface area contributed by atoms with E-state index >= 15 is 0 Å². The Morgan fingerprint density at radius 3 is 2.18 bits per heavy atom. The largest absolute Gasteiger partial charge is 0.493 e. The Bertz CT molecular complexity index is 863. The Labute approximate surface area is 162 Å². The summed E-state index contributed by atoms with van der Waals surface area (Å²) in [7, 11) is 2.97. The van der Waals surface area contributed by atoms with Crippen LogP contribution in [0.4, 0.5) is 5.69 Å². The molecule has 0 bridgehead atoms. The van der Waals surface area contributed by atoms with Crippen molar-refractivity contribution in [3.63, 3.8) is 0 Å². The molecule has 0 aliphatic rings. The van der Waals surface area contributed by atoms with Gasteiger partial charge in [-0.3, -0.25) is 14.4 Å². The molecule has 0 saturated heterocycles. The zero-order valence-electron chi connectivity index (χ0n) is 15.8. The number of ether oxygens (including phenoxy) is 2. The molecular formula is C20H22N2O6. The molecule has 2 amide bonds. The third-order valence-electron chi connectivity index (χ3n) is 3.96. The third kappa shape index (κ3) is 5.47. The first-order chi connectivity index (χ1) is 13.3. The highest BCUT2D eigenvalue weighted by atomic mass is 16.5. The average molecular weight is 386 g/mol. The fourth-order valence-corrected chi connectivity index (χ4v) is 2.65. The number of hydrogen-bond donors (Lipinski definition) is 3. The maximum atomic E-state index is 12.6. The van der Waals surface area contributed by atoms with E-state index in [1.54, 1.807) is 42.5 Å². The highest BCUT2D eigenvalue weighted by molar-refractivity contribution is 5.96. The van der Waals surface area contributed by atoms with Gasteiger partial charge in [0.15, 0.2) is 11.5 Å². The molecule has 1 unspecified atom stereocenters. The van der Waals surface area contributed by atoms with Crippen LogP contribution in [0.3, 0.4) is 0 Å². The summed E-state index contributed by atoms with van der Waals surface area (Å²) in [6.07, 6.45) is -0.300. The van der Waals surface area contributed by atoms with E-state index in [-0.39, 0.29) is 12.3 Å². The van der Waals surface area contributed by atoms with Crippen LogP contribution in [0.2, 0.25) is 0 Å². The number of carboxylic acid groups (broad SMARTS) is 1. The van der Waals surface area contributed by atoms with Gasteiger partial charge in [0, 0.05) is 18.2 Å². The Hall–Kier alpha value is -3.55. The van der Waals surface area contributed by atoms with E-state index in [1.165, 1.54) is 21.1 Å². The fourth-order valence-electron chi connectivity index (χ4n) is 2.65. The number of benzene rings is 2. The first-order valence-corrected chi connectivity index (χ1v) is 8.46. The highest BCUT2D eigenvalue weighted by Gasteiger charge is 2.20. The molecule has 2 aromatic rings. The summed E-state index contributed by atoms with van der Waals surface area (Å²) in [5.74, 6) is -0.770. The summed E-state index contributed by atoms with van der Waals surface area (Å²) in [4.78, 5) is 34.9. The minimum Gasteiger partial charge on any atom is -0.493 e. The summed E-state index contributed by atoms with van der Waals surface area (Å²) in [6, 6.07) is 10.5. The van der Waals surface area contributed by atoms with E-state index in [0.29, 0.717) is 28.3 Å². The van der Waals surface area contributed by atoms with Crippen molar-refractivity contribution in [2.24, 2.45) is 0 Å². The Balaban J connectivity index is 2.23. The van der Waals surface area contributed by atoms with Crippen LogP contribution in [-0.4, -0.2) is 37.1 Å². The molecule has 0 heterocycles. The number of anilines is 1. The number of carbonyl (C=O) groups excluding carboxylic acids is 2. The minimum absolute atomic E-state index is 0.216. The molecular weight excluding hydrogens is 364 g/mol. The molecule has 0 radical (unpaired) electrons. The van der Waals surface area contributed by atoms with Gasteiger partial charge in [0.25, 0.3) is 5.91 Å². The van der Waals surface area contributed by atoms with Gasteiger partial charge in [-0.15, -0.1) is 0 Å². The van der Waals surface area contributed by atoms with E-state index in [0.717, 1.165) is 0 Å². The number of hydrogen-bond acceptors (Lipinski definition) is 5. The maximum Gasteiger partial charge on any atom is 0.305 e. The fraction of sp³-hybridized carbons (Fsp3) is 0.250. The zero-order valence-corrected chi connectivity index (χ0v) is 15.8. The molecule has 1 atom stereocenters. The van der Waals surface area contributed by atoms with Crippen molar-refractivity contribution in [2.75, 3.05) is 19.5 Å². The molecule has 28 heavy (non-hydrogen) atoms. The number of carbonyl (C=O) groups is 3. The van der Waals surface area contributed by atoms with E-state index in [9.17, 15) is 19.5 Å². The van der Waals surface area contributed by atoms with Gasteiger partial charge in [-0.2, -0.15) is 0 Å². The van der Waals surface area contributed by atoms with Gasteiger partial charge in [-0.25, -0.2) is 0 Å². The van der Waals surface area contributed by atoms with Crippen molar-refractivity contribution in [1.29, 1.82) is 0 Å². The van der Waals surface area contributed by atoms with Crippen molar-refractivity contribution in [3.8, 4) is 11.5 Å². The molecule has 148 valence electrons. The number of amides is 2. The van der Waals surface area contributed by atoms with E-state index in [4.69, 9.17) is 9.47 Å². The van der Waals surface area contributed by atoms with Gasteiger partial charge in [0.05, 0.1) is 26.7 Å². The lowest BCUT2D eigenvalue weighted by molar-refractivity contribution is -0.137. The molecule has 0 saturated carbocycles. The molecule has 0 aliphatic carbocycles. The second-order valence-electron chi connectivity index (χ2n) is 6.00. The summed E-state index contributed by atoms with van der Waals surface area (Å²) in [5, 5.41) is 14.6. The van der Waals surface area contributed by atoms with E-state index in [1.807, 2.05) is 0 Å². The Kier molecular flexibility index (Phi) is 6.97. The van der Waals surface area contributed by atoms with Crippen molar-refractivity contribution in [1.82, 2.24) is 5.32 Å². The number of carboxylic acids is 1. The van der Waals surface area contributed by atoms with Crippen molar-refractivity contribution >= 4 is 23.5 Å². The highest BCUT2D eigenvalue weighted by Crippen LogP contribution is 2.31. The maximum absolute atomic E-state index is 12.6. The number of aliphatic carboxylic acids is 1. The van der Waals surface area contributed by atoms with Crippen LogP contribution in [-0.2, 0) is 9.59 Å². The monoisotopic (exact) mass is 386 g/mol. The van der Waals surface area contributed by atoms with Crippen LogP contribution in [0.5, 0.6) is 11.5 Å². The van der Waals surface area contributed by atoms with Gasteiger partial charge in [0.1, 0.15) is 0 Å². The Morgan fingerprint density at radius 1 is 1.00 bits per heavy atom. The van der Waals surface area contributed by atoms with Crippen LogP contribution in [0, 0.1) is 0 Å². The second-order valence-corrected chi connectivity index (χ2v) is 6.00. The van der Waals surface area contributed by atoms with Crippen LogP contribution < -0.4 is 20.1 Å². The SMILES string of the molecule is COc1ccc(C(CC(=O)O)NC(=O)c2ccc(NC(C)=O)cc2)cc1OC. The van der Waals surface area contributed by atoms with E-state index in [2.05, 4.69) is 10.6 Å². The number of rotatable bonds is 8. The average Bonchev–Trinajstić information content (AvgIpc) is 2.66. The number of nitrogens with one attached hydrogen (secondary N) is 2. The van der Waals surface area contributed by atoms with E-state index < -0.39 is 17.9 Å². The lowest BCUT2D eigenvalue weighted by Crippen LogP contribution is -2.30. The normalized spacial score (nSPS) is 11.2. The zero-order chi connectivity index (χ0) is 20.7. The minimum atomic E-state index is -1.05. The lowest BCUT2D eigenvalue weighted by atomic mass is 10.0. The van der Waals surface area contributed by atoms with Gasteiger partial charge in [0.2, 0.25) is 5.91 Å². The number of methoxy groups -OCH3 is 2. The van der Waals surface area contributed by atoms with Gasteiger partial charge in [-0.05, 0) is 42.0 Å². The van der Waals surface area contributed by atoms with Gasteiger partial charge in [-0.1, -0.05) is 6.07 Å². The summed E-state index contributed by atoms with van der Waals surface area (Å²) >= 11 is 0. The van der Waals surface area contributed by atoms with Crippen LogP contribution >= 0.6 is 0 Å². The molecule has 0 fully saturated rings. The molecule has 0 aromatic heterocycles. The van der Waals surface area contributed by atoms with Crippen molar-refractivity contribution in [2.45, 2.75) is 19.4 Å². The standard InChI is InChI=1S/C20H22N2O6/c1-12(23)21-15-7-4-13(5-8-15)20(26)22-16(11-19(24)25)14-6-9-17(27-2)18(10-14)28-3/h4-10,16H,11H2,1-3H3,(H,21,23)(H,22,26)(H,24,25). The first kappa shape index (κ1) is 20.8. The molecule has 8 heteroatoms. The molecule has 0 aliphatic heterocycles. The summed E-state index contributed by atoms with van der Waals surface area (Å²) in [5.41, 5.74) is 1.47. The summed E-state index contributed by atoms with van der Waals surface area (Å²) < 4.78 is 10.4. The molecule has 2 aromatic carbocycles. The molecule has 0 spiro atoms. The topological polar surface area (TPSA) is 114 Å².